The summed E-state index contributed by atoms with van der Waals surface area (Å²) >= 11 is 0. The summed E-state index contributed by atoms with van der Waals surface area (Å²) in [4.78, 5) is 0. The number of benzene rings is 5. The minimum absolute atomic E-state index is 0.101. The summed E-state index contributed by atoms with van der Waals surface area (Å²) in [6, 6.07) is 27.4. The fraction of sp³-hybridized carbons (Fsp3) is 0.167. The van der Waals surface area contributed by atoms with E-state index < -0.39 is 0 Å². The van der Waals surface area contributed by atoms with Gasteiger partial charge < -0.3 is 44.0 Å². The van der Waals surface area contributed by atoms with E-state index in [9.17, 15) is 10.2 Å². The third-order valence-corrected chi connectivity index (χ3v) is 7.65. The van der Waals surface area contributed by atoms with E-state index in [0.29, 0.717) is 17.1 Å². The van der Waals surface area contributed by atoms with E-state index in [1.807, 2.05) is 69.3 Å². The van der Waals surface area contributed by atoms with Gasteiger partial charge in [-0.05, 0) is 102 Å². The number of aromatic hydroxyl groups is 3. The molecule has 44 heavy (non-hydrogen) atoms. The molecular formula is C36H43N5O3. The number of nitrogen functional groups attached to an aromatic ring is 5. The molecule has 0 saturated carbocycles. The smallest absolute Gasteiger partial charge is 0.138 e. The van der Waals surface area contributed by atoms with E-state index in [4.69, 9.17) is 33.8 Å². The van der Waals surface area contributed by atoms with Crippen molar-refractivity contribution in [3.63, 3.8) is 0 Å². The summed E-state index contributed by atoms with van der Waals surface area (Å²) < 4.78 is 0. The van der Waals surface area contributed by atoms with Crippen LogP contribution in [0.1, 0.15) is 41.7 Å². The van der Waals surface area contributed by atoms with Crippen LogP contribution in [-0.2, 0) is 5.41 Å². The lowest BCUT2D eigenvalue weighted by molar-refractivity contribution is 0.475. The lowest BCUT2D eigenvalue weighted by Gasteiger charge is -2.27. The van der Waals surface area contributed by atoms with Gasteiger partial charge in [0.1, 0.15) is 17.2 Å². The highest BCUT2D eigenvalue weighted by Crippen LogP contribution is 2.36. The van der Waals surface area contributed by atoms with Gasteiger partial charge in [0.05, 0.1) is 11.4 Å². The molecule has 5 rings (SSSR count). The van der Waals surface area contributed by atoms with E-state index in [1.54, 1.807) is 30.3 Å². The minimum atomic E-state index is -0.219. The number of aryl methyl sites for hydroxylation is 3. The maximum absolute atomic E-state index is 9.52. The summed E-state index contributed by atoms with van der Waals surface area (Å²) in [5, 5.41) is 27.7. The second-order valence-electron chi connectivity index (χ2n) is 11.4. The van der Waals surface area contributed by atoms with Crippen LogP contribution < -0.4 is 28.7 Å². The zero-order chi connectivity index (χ0) is 32.8. The first kappa shape index (κ1) is 33.0. The predicted octanol–water partition coefficient (Wildman–Crippen LogP) is 7.01. The molecule has 0 heterocycles. The van der Waals surface area contributed by atoms with Crippen LogP contribution in [0.15, 0.2) is 91.0 Å². The van der Waals surface area contributed by atoms with Crippen molar-refractivity contribution in [1.29, 1.82) is 0 Å². The van der Waals surface area contributed by atoms with Gasteiger partial charge >= 0.3 is 0 Å². The second-order valence-corrected chi connectivity index (χ2v) is 11.4. The Labute approximate surface area is 259 Å². The Morgan fingerprint density at radius 1 is 0.432 bits per heavy atom. The van der Waals surface area contributed by atoms with Crippen molar-refractivity contribution in [1.82, 2.24) is 0 Å². The Kier molecular flexibility index (Phi) is 10.2. The summed E-state index contributed by atoms with van der Waals surface area (Å²) in [6.07, 6.45) is 0. The van der Waals surface area contributed by atoms with Crippen LogP contribution in [0, 0.1) is 20.8 Å². The van der Waals surface area contributed by atoms with Crippen molar-refractivity contribution in [2.75, 3.05) is 28.7 Å². The van der Waals surface area contributed by atoms with E-state index in [-0.39, 0.29) is 22.7 Å². The molecule has 8 nitrogen and oxygen atoms in total. The molecule has 0 bridgehead atoms. The number of nitrogens with two attached hydrogens (primary N) is 5. The lowest BCUT2D eigenvalue weighted by Crippen LogP contribution is -2.19. The molecule has 0 aromatic heterocycles. The Morgan fingerprint density at radius 3 is 1.25 bits per heavy atom. The third-order valence-electron chi connectivity index (χ3n) is 7.65. The molecule has 0 spiro atoms. The molecule has 0 radical (unpaired) electrons. The average Bonchev–Trinajstić information content (AvgIpc) is 2.97. The predicted molar refractivity (Wildman–Crippen MR) is 185 cm³/mol. The standard InChI is InChI=1S/C16H20N2O.C13H14N2O.C7H9NO/c1-10-4-5-11(8-13(10)17)16(2,3)12-6-7-15(19)14(18)9-12;1-8-2-3-9(6-11(8)14)10-4-5-13(16)12(15)7-10;1-5-2-3-6(9)4-7(5)8/h4-9,19H,17-18H2,1-3H3;2-7,16H,14-15H2,1H3;2-4,9H,8H2,1H3. The largest absolute Gasteiger partial charge is 0.508 e. The van der Waals surface area contributed by atoms with Gasteiger partial charge in [0.15, 0.2) is 0 Å². The molecule has 230 valence electrons. The lowest BCUT2D eigenvalue weighted by atomic mass is 9.77. The van der Waals surface area contributed by atoms with Crippen molar-refractivity contribution >= 4 is 28.4 Å². The normalized spacial score (nSPS) is 10.7. The Bertz CT molecular complexity index is 1660. The number of phenolic OH excluding ortho intramolecular Hbond substituents is 3. The maximum atomic E-state index is 9.52. The molecule has 0 fully saturated rings. The number of hydrogen-bond acceptors (Lipinski definition) is 8. The summed E-state index contributed by atoms with van der Waals surface area (Å²) in [5.74, 6) is 0.435. The van der Waals surface area contributed by atoms with Crippen LogP contribution >= 0.6 is 0 Å². The van der Waals surface area contributed by atoms with Crippen molar-refractivity contribution in [3.8, 4) is 28.4 Å². The molecule has 5 aromatic carbocycles. The second kappa shape index (κ2) is 13.6. The van der Waals surface area contributed by atoms with Crippen molar-refractivity contribution in [3.05, 3.63) is 119 Å². The van der Waals surface area contributed by atoms with Gasteiger partial charge in [-0.2, -0.15) is 0 Å². The molecule has 0 atom stereocenters. The summed E-state index contributed by atoms with van der Waals surface area (Å²) in [6.45, 7) is 10.1. The molecule has 0 aliphatic heterocycles. The van der Waals surface area contributed by atoms with Gasteiger partial charge in [-0.3, -0.25) is 0 Å². The van der Waals surface area contributed by atoms with Crippen molar-refractivity contribution in [2.45, 2.75) is 40.0 Å². The van der Waals surface area contributed by atoms with Crippen molar-refractivity contribution < 1.29 is 15.3 Å². The fourth-order valence-electron chi connectivity index (χ4n) is 4.32. The maximum Gasteiger partial charge on any atom is 0.138 e. The highest BCUT2D eigenvalue weighted by molar-refractivity contribution is 5.73. The fourth-order valence-corrected chi connectivity index (χ4v) is 4.32. The van der Waals surface area contributed by atoms with Crippen LogP contribution in [-0.4, -0.2) is 15.3 Å². The summed E-state index contributed by atoms with van der Waals surface area (Å²) in [7, 11) is 0. The van der Waals surface area contributed by atoms with Gasteiger partial charge in [-0.1, -0.05) is 56.3 Å². The molecule has 0 unspecified atom stereocenters. The number of anilines is 5. The molecule has 8 heteroatoms. The first-order valence-electron chi connectivity index (χ1n) is 14.1. The first-order chi connectivity index (χ1) is 20.6. The number of hydrogen-bond donors (Lipinski definition) is 8. The van der Waals surface area contributed by atoms with Gasteiger partial charge in [0, 0.05) is 28.5 Å². The molecule has 0 aliphatic rings. The Balaban J connectivity index is 0.000000191. The summed E-state index contributed by atoms with van der Waals surface area (Å²) in [5.41, 5.74) is 38.7. The Morgan fingerprint density at radius 2 is 0.795 bits per heavy atom. The zero-order valence-corrected chi connectivity index (χ0v) is 25.9. The highest BCUT2D eigenvalue weighted by atomic mass is 16.3. The topological polar surface area (TPSA) is 191 Å². The molecule has 13 N–H and O–H groups in total. The van der Waals surface area contributed by atoms with Crippen molar-refractivity contribution in [2.24, 2.45) is 0 Å². The van der Waals surface area contributed by atoms with Gasteiger partial charge in [0.2, 0.25) is 0 Å². The van der Waals surface area contributed by atoms with Gasteiger partial charge in [0.25, 0.3) is 0 Å². The van der Waals surface area contributed by atoms with E-state index in [1.165, 1.54) is 6.07 Å². The van der Waals surface area contributed by atoms with Crippen LogP contribution in [0.25, 0.3) is 11.1 Å². The third kappa shape index (κ3) is 8.07. The van der Waals surface area contributed by atoms with Gasteiger partial charge in [-0.25, -0.2) is 0 Å². The minimum Gasteiger partial charge on any atom is -0.508 e. The number of rotatable bonds is 3. The van der Waals surface area contributed by atoms with Crippen LogP contribution in [0.2, 0.25) is 0 Å². The molecule has 0 saturated heterocycles. The molecule has 0 aliphatic carbocycles. The van der Waals surface area contributed by atoms with E-state index in [2.05, 4.69) is 19.9 Å². The van der Waals surface area contributed by atoms with Crippen LogP contribution in [0.3, 0.4) is 0 Å². The monoisotopic (exact) mass is 593 g/mol. The van der Waals surface area contributed by atoms with Crippen LogP contribution in [0.5, 0.6) is 17.2 Å². The zero-order valence-electron chi connectivity index (χ0n) is 25.9. The number of phenols is 3. The Hall–Kier alpha value is -5.50. The van der Waals surface area contributed by atoms with E-state index in [0.717, 1.165) is 50.3 Å². The van der Waals surface area contributed by atoms with Gasteiger partial charge in [-0.15, -0.1) is 0 Å². The molecule has 0 amide bonds. The highest BCUT2D eigenvalue weighted by Gasteiger charge is 2.24. The first-order valence-corrected chi connectivity index (χ1v) is 14.1. The quantitative estimate of drug-likeness (QED) is 0.0809. The van der Waals surface area contributed by atoms with Crippen LogP contribution in [0.4, 0.5) is 28.4 Å². The molecular weight excluding hydrogens is 550 g/mol. The molecule has 5 aromatic rings. The van der Waals surface area contributed by atoms with E-state index >= 15 is 0 Å². The SMILES string of the molecule is Cc1ccc(-c2ccc(O)c(N)c2)cc1N.Cc1ccc(C(C)(C)c2ccc(O)c(N)c2)cc1N.Cc1ccc(O)cc1N. The average molecular weight is 594 g/mol.